The minimum atomic E-state index is -1.28. The number of amides is 1. The number of nitrogens with two attached hydrogens (primary N) is 1. The van der Waals surface area contributed by atoms with Gasteiger partial charge >= 0.3 is 0 Å². The van der Waals surface area contributed by atoms with Crippen molar-refractivity contribution in [2.24, 2.45) is 5.73 Å². The van der Waals surface area contributed by atoms with Crippen LogP contribution >= 0.6 is 9.03 Å². The molecule has 0 bridgehead atoms. The van der Waals surface area contributed by atoms with Crippen LogP contribution in [0.5, 0.6) is 0 Å². The van der Waals surface area contributed by atoms with Gasteiger partial charge in [-0.25, -0.2) is 0 Å². The van der Waals surface area contributed by atoms with Gasteiger partial charge in [0.05, 0.1) is 31.4 Å². The Labute approximate surface area is 165 Å². The van der Waals surface area contributed by atoms with Crippen LogP contribution in [0.15, 0.2) is 0 Å². The fraction of sp³-hybridized carbons (Fsp3) is 0.938. The van der Waals surface area contributed by atoms with Crippen LogP contribution in [0.1, 0.15) is 25.7 Å². The molecule has 2 heterocycles. The first-order valence-corrected chi connectivity index (χ1v) is 10.2. The van der Waals surface area contributed by atoms with Crippen LogP contribution in [-0.2, 0) is 18.8 Å². The monoisotopic (exact) mass is 426 g/mol. The van der Waals surface area contributed by atoms with Gasteiger partial charge in [0, 0.05) is 19.6 Å². The zero-order valence-corrected chi connectivity index (χ0v) is 16.6. The molecule has 8 atom stereocenters. The lowest BCUT2D eigenvalue weighted by atomic mass is 9.98. The summed E-state index contributed by atoms with van der Waals surface area (Å²) in [5.41, 5.74) is 5.79. The molecule has 0 aliphatic carbocycles. The third-order valence-electron chi connectivity index (χ3n) is 5.05. The molecule has 2 rings (SSSR count). The van der Waals surface area contributed by atoms with Crippen LogP contribution in [0, 0.1) is 0 Å². The summed E-state index contributed by atoms with van der Waals surface area (Å²) in [4.78, 5) is 22.7. The van der Waals surface area contributed by atoms with Crippen LogP contribution in [0.3, 0.4) is 0 Å². The summed E-state index contributed by atoms with van der Waals surface area (Å²) in [6, 6.07) is -1.19. The highest BCUT2D eigenvalue weighted by molar-refractivity contribution is 7.24. The Morgan fingerprint density at radius 1 is 1.25 bits per heavy atom. The van der Waals surface area contributed by atoms with Crippen LogP contribution in [-0.4, -0.2) is 105 Å². The van der Waals surface area contributed by atoms with Crippen LogP contribution < -0.4 is 5.73 Å². The number of likely N-dealkylation sites (tertiary alicyclic amines) is 1. The van der Waals surface area contributed by atoms with Crippen molar-refractivity contribution in [2.75, 3.05) is 26.4 Å². The first-order chi connectivity index (χ1) is 13.4. The van der Waals surface area contributed by atoms with E-state index in [4.69, 9.17) is 24.6 Å². The molecule has 7 N–H and O–H groups in total. The minimum absolute atomic E-state index is 0.101. The second kappa shape index (κ2) is 11.7. The normalized spacial score (nSPS) is 36.5. The van der Waals surface area contributed by atoms with Crippen molar-refractivity contribution in [2.45, 2.75) is 68.5 Å². The first-order valence-electron chi connectivity index (χ1n) is 9.37. The fourth-order valence-electron chi connectivity index (χ4n) is 3.46. The van der Waals surface area contributed by atoms with Gasteiger partial charge in [0.2, 0.25) is 5.91 Å². The Kier molecular flexibility index (Phi) is 9.91. The van der Waals surface area contributed by atoms with E-state index in [2.05, 4.69) is 0 Å². The lowest BCUT2D eigenvalue weighted by Gasteiger charge is -2.40. The van der Waals surface area contributed by atoms with E-state index >= 15 is 0 Å². The topological polar surface area (TPSA) is 175 Å². The summed E-state index contributed by atoms with van der Waals surface area (Å²) in [6.07, 6.45) is -3.29. The summed E-state index contributed by atoms with van der Waals surface area (Å²) in [5.74, 6) is -0.101. The molecular formula is C16H31N2O9P. The Balaban J connectivity index is 1.68. The first kappa shape index (κ1) is 23.8. The van der Waals surface area contributed by atoms with Crippen molar-refractivity contribution in [3.63, 3.8) is 0 Å². The molecule has 164 valence electrons. The number of nitrogens with zero attached hydrogens (tertiary/aromatic N) is 1. The molecule has 0 aromatic heterocycles. The number of carbonyl (C=O) groups is 1. The van der Waals surface area contributed by atoms with Gasteiger partial charge in [0.15, 0.2) is 15.3 Å². The summed E-state index contributed by atoms with van der Waals surface area (Å²) < 4.78 is 15.8. The third kappa shape index (κ3) is 6.27. The van der Waals surface area contributed by atoms with E-state index in [1.807, 2.05) is 0 Å². The van der Waals surface area contributed by atoms with Crippen molar-refractivity contribution in [3.8, 4) is 0 Å². The molecule has 4 unspecified atom stereocenters. The maximum Gasteiger partial charge on any atom is 0.222 e. The Bertz CT molecular complexity index is 487. The molecule has 2 fully saturated rings. The molecule has 1 amide bonds. The van der Waals surface area contributed by atoms with E-state index in [-0.39, 0.29) is 38.1 Å². The molecule has 12 heteroatoms. The second-order valence-electron chi connectivity index (χ2n) is 7.10. The van der Waals surface area contributed by atoms with Gasteiger partial charge in [-0.15, -0.1) is 0 Å². The molecule has 0 aromatic carbocycles. The highest BCUT2D eigenvalue weighted by atomic mass is 31.1. The number of hydrogen-bond donors (Lipinski definition) is 6. The average Bonchev–Trinajstić information content (AvgIpc) is 3.06. The predicted octanol–water partition coefficient (Wildman–Crippen LogP) is -2.58. The van der Waals surface area contributed by atoms with Gasteiger partial charge in [-0.1, -0.05) is 0 Å². The lowest BCUT2D eigenvalue weighted by Crippen LogP contribution is -2.62. The molecule has 28 heavy (non-hydrogen) atoms. The van der Waals surface area contributed by atoms with Crippen molar-refractivity contribution in [1.82, 2.24) is 4.90 Å². The number of ether oxygens (including phenoxy) is 2. The number of rotatable bonds is 10. The molecule has 2 aliphatic heterocycles. The van der Waals surface area contributed by atoms with E-state index < -0.39 is 52.4 Å². The van der Waals surface area contributed by atoms with Crippen molar-refractivity contribution < 1.29 is 44.1 Å². The summed E-state index contributed by atoms with van der Waals surface area (Å²) >= 11 is 0. The number of carbonyl (C=O) groups excluding carboxylic acids is 1. The van der Waals surface area contributed by atoms with E-state index in [9.17, 15) is 25.2 Å². The second-order valence-corrected chi connectivity index (χ2v) is 7.57. The smallest absolute Gasteiger partial charge is 0.222 e. The lowest BCUT2D eigenvalue weighted by molar-refractivity contribution is -0.265. The third-order valence-corrected chi connectivity index (χ3v) is 5.34. The van der Waals surface area contributed by atoms with E-state index in [1.54, 1.807) is 4.90 Å². The van der Waals surface area contributed by atoms with Crippen LogP contribution in [0.2, 0.25) is 0 Å². The molecule has 11 nitrogen and oxygen atoms in total. The largest absolute Gasteiger partial charge is 0.394 e. The predicted molar refractivity (Wildman–Crippen MR) is 98.1 cm³/mol. The maximum atomic E-state index is 12.4. The van der Waals surface area contributed by atoms with Gasteiger partial charge in [-0.2, -0.15) is 0 Å². The van der Waals surface area contributed by atoms with Crippen molar-refractivity contribution in [1.29, 1.82) is 0 Å². The summed E-state index contributed by atoms with van der Waals surface area (Å²) in [7, 11) is -0.653. The average molecular weight is 426 g/mol. The number of aliphatic hydroxyl groups excluding tert-OH is 4. The van der Waals surface area contributed by atoms with Gasteiger partial charge < -0.3 is 50.0 Å². The maximum absolute atomic E-state index is 12.4. The van der Waals surface area contributed by atoms with Gasteiger partial charge in [0.25, 0.3) is 0 Å². The highest BCUT2D eigenvalue weighted by Crippen LogP contribution is 2.23. The summed E-state index contributed by atoms with van der Waals surface area (Å²) in [6.45, 7) is 0.208. The zero-order valence-electron chi connectivity index (χ0n) is 15.6. The molecule has 2 saturated heterocycles. The molecular weight excluding hydrogens is 395 g/mol. The Hall–Kier alpha value is -0.460. The fourth-order valence-corrected chi connectivity index (χ4v) is 3.73. The SMILES string of the molecule is NC1C(O)[C@@H](O)C(CO)O[C@H]1OCCCCC(=O)N1C[C@H](O)C[C@H]1COPO. The number of hydrogen-bond acceptors (Lipinski definition) is 10. The van der Waals surface area contributed by atoms with Crippen LogP contribution in [0.25, 0.3) is 0 Å². The van der Waals surface area contributed by atoms with E-state index in [0.29, 0.717) is 19.3 Å². The van der Waals surface area contributed by atoms with Crippen molar-refractivity contribution in [3.05, 3.63) is 0 Å². The Morgan fingerprint density at radius 2 is 2.00 bits per heavy atom. The quantitative estimate of drug-likeness (QED) is 0.161. The number of β-amino-alcohol motifs (C(OH)–C–C–N with tert-alkyl or cyclic N) is 1. The number of aliphatic hydroxyl groups is 4. The molecule has 0 aromatic rings. The molecule has 2 aliphatic rings. The van der Waals surface area contributed by atoms with Gasteiger partial charge in [-0.05, 0) is 19.3 Å². The Morgan fingerprint density at radius 3 is 2.68 bits per heavy atom. The molecule has 0 spiro atoms. The zero-order chi connectivity index (χ0) is 20.7. The van der Waals surface area contributed by atoms with Crippen LogP contribution in [0.4, 0.5) is 0 Å². The minimum Gasteiger partial charge on any atom is -0.394 e. The molecule has 0 radical (unpaired) electrons. The van der Waals surface area contributed by atoms with Crippen molar-refractivity contribution >= 4 is 14.9 Å². The summed E-state index contributed by atoms with van der Waals surface area (Å²) in [5, 5.41) is 38.6. The van der Waals surface area contributed by atoms with Gasteiger partial charge in [-0.3, -0.25) is 4.79 Å². The van der Waals surface area contributed by atoms with E-state index in [0.717, 1.165) is 0 Å². The van der Waals surface area contributed by atoms with Gasteiger partial charge in [0.1, 0.15) is 18.3 Å². The highest BCUT2D eigenvalue weighted by Gasteiger charge is 2.42. The number of unbranched alkanes of at least 4 members (excludes halogenated alkanes) is 1. The molecule has 0 saturated carbocycles. The van der Waals surface area contributed by atoms with E-state index in [1.165, 1.54) is 0 Å². The standard InChI is InChI=1S/C16H31N2O9P/c17-13-15(23)14(22)11(7-19)27-16(13)25-4-2-1-3-12(21)18-6-10(20)5-9(18)8-26-28-24/h9-11,13-16,19-20,22-24,28H,1-8,17H2/t9-,10+,11?,13?,14-,15?,16+/m0/s1.